The van der Waals surface area contributed by atoms with Crippen molar-refractivity contribution in [2.75, 3.05) is 32.2 Å². The van der Waals surface area contributed by atoms with E-state index in [1.54, 1.807) is 19.5 Å². The molecule has 1 saturated heterocycles. The van der Waals surface area contributed by atoms with Crippen LogP contribution < -0.4 is 9.64 Å². The van der Waals surface area contributed by atoms with E-state index in [1.807, 2.05) is 36.2 Å². The summed E-state index contributed by atoms with van der Waals surface area (Å²) in [4.78, 5) is 25.7. The fourth-order valence-corrected chi connectivity index (χ4v) is 5.20. The van der Waals surface area contributed by atoms with Gasteiger partial charge in [0.25, 0.3) is 5.91 Å². The number of ether oxygens (including phenoxy) is 1. The summed E-state index contributed by atoms with van der Waals surface area (Å²) in [7, 11) is 3.68. The van der Waals surface area contributed by atoms with Gasteiger partial charge in [-0.1, -0.05) is 18.2 Å². The summed E-state index contributed by atoms with van der Waals surface area (Å²) < 4.78 is 5.29. The van der Waals surface area contributed by atoms with Crippen LogP contribution in [0.2, 0.25) is 0 Å². The third-order valence-electron chi connectivity index (χ3n) is 6.82. The lowest BCUT2D eigenvalue weighted by atomic mass is 9.81. The second kappa shape index (κ2) is 8.24. The molecule has 0 spiro atoms. The Bertz CT molecular complexity index is 1120. The number of benzene rings is 2. The zero-order valence-electron chi connectivity index (χ0n) is 18.2. The van der Waals surface area contributed by atoms with Crippen molar-refractivity contribution in [3.63, 3.8) is 0 Å². The number of fused-ring (bicyclic) bond motifs is 3. The largest absolute Gasteiger partial charge is 0.497 e. The van der Waals surface area contributed by atoms with Crippen LogP contribution >= 0.6 is 0 Å². The van der Waals surface area contributed by atoms with Gasteiger partial charge in [0.05, 0.1) is 32.0 Å². The number of nitrogens with zero attached hydrogens (tertiary/aromatic N) is 4. The molecular formula is C25H26N4O3. The Balaban J connectivity index is 1.59. The summed E-state index contributed by atoms with van der Waals surface area (Å²) >= 11 is 0. The van der Waals surface area contributed by atoms with Gasteiger partial charge < -0.3 is 19.6 Å². The minimum atomic E-state index is -0.119. The van der Waals surface area contributed by atoms with Crippen molar-refractivity contribution in [3.05, 3.63) is 72.3 Å². The molecule has 0 saturated carbocycles. The molecule has 2 aliphatic heterocycles. The average molecular weight is 431 g/mol. The normalized spacial score (nSPS) is 21.8. The number of hydrogen-bond acceptors (Lipinski definition) is 6. The molecule has 2 aliphatic rings. The van der Waals surface area contributed by atoms with E-state index in [0.717, 1.165) is 34.5 Å². The molecule has 1 amide bonds. The van der Waals surface area contributed by atoms with Gasteiger partial charge in [-0.2, -0.15) is 0 Å². The van der Waals surface area contributed by atoms with E-state index < -0.39 is 0 Å². The predicted octanol–water partition coefficient (Wildman–Crippen LogP) is 3.17. The molecule has 3 heterocycles. The van der Waals surface area contributed by atoms with Crippen molar-refractivity contribution in [1.82, 2.24) is 14.9 Å². The highest BCUT2D eigenvalue weighted by atomic mass is 16.5. The van der Waals surface area contributed by atoms with Crippen LogP contribution in [-0.4, -0.2) is 59.2 Å². The molecule has 164 valence electrons. The lowest BCUT2D eigenvalue weighted by Gasteiger charge is -2.44. The monoisotopic (exact) mass is 430 g/mol. The SMILES string of the molecule is COc1ccc(-c2ccc3c(c2)[C@H]2[C@H](CCN2C(=O)c2cnccn2)[C@@H](CO)N3C)cc1. The smallest absolute Gasteiger partial charge is 0.274 e. The molecule has 2 aromatic carbocycles. The second-order valence-corrected chi connectivity index (χ2v) is 8.35. The Morgan fingerprint density at radius 1 is 1.16 bits per heavy atom. The van der Waals surface area contributed by atoms with Crippen molar-refractivity contribution in [2.24, 2.45) is 5.92 Å². The van der Waals surface area contributed by atoms with Gasteiger partial charge in [0.2, 0.25) is 0 Å². The molecule has 1 aromatic heterocycles. The van der Waals surface area contributed by atoms with Gasteiger partial charge in [-0.3, -0.25) is 9.78 Å². The third kappa shape index (κ3) is 3.29. The summed E-state index contributed by atoms with van der Waals surface area (Å²) in [5.41, 5.74) is 4.66. The van der Waals surface area contributed by atoms with E-state index in [-0.39, 0.29) is 30.5 Å². The number of rotatable bonds is 4. The number of methoxy groups -OCH3 is 1. The van der Waals surface area contributed by atoms with E-state index in [1.165, 1.54) is 6.20 Å². The van der Waals surface area contributed by atoms with Gasteiger partial charge in [0, 0.05) is 37.6 Å². The van der Waals surface area contributed by atoms with Crippen molar-refractivity contribution < 1.29 is 14.6 Å². The molecule has 32 heavy (non-hydrogen) atoms. The summed E-state index contributed by atoms with van der Waals surface area (Å²) in [5.74, 6) is 0.839. The minimum absolute atomic E-state index is 0.0426. The molecule has 0 bridgehead atoms. The molecule has 1 N–H and O–H groups in total. The number of amides is 1. The third-order valence-corrected chi connectivity index (χ3v) is 6.82. The van der Waals surface area contributed by atoms with E-state index in [9.17, 15) is 9.90 Å². The van der Waals surface area contributed by atoms with Crippen LogP contribution in [0.5, 0.6) is 5.75 Å². The van der Waals surface area contributed by atoms with E-state index in [4.69, 9.17) is 4.74 Å². The first kappa shape index (κ1) is 20.5. The number of likely N-dealkylation sites (tertiary alicyclic amines) is 1. The van der Waals surface area contributed by atoms with Crippen LogP contribution in [0.4, 0.5) is 5.69 Å². The van der Waals surface area contributed by atoms with E-state index in [2.05, 4.69) is 33.1 Å². The zero-order valence-corrected chi connectivity index (χ0v) is 18.2. The molecular weight excluding hydrogens is 404 g/mol. The minimum Gasteiger partial charge on any atom is -0.497 e. The fraction of sp³-hybridized carbons (Fsp3) is 0.320. The number of hydrogen-bond donors (Lipinski definition) is 1. The molecule has 7 nitrogen and oxygen atoms in total. The van der Waals surface area contributed by atoms with Crippen LogP contribution in [-0.2, 0) is 0 Å². The fourth-order valence-electron chi connectivity index (χ4n) is 5.20. The Hall–Kier alpha value is -3.45. The lowest BCUT2D eigenvalue weighted by Crippen LogP contribution is -2.48. The van der Waals surface area contributed by atoms with Crippen molar-refractivity contribution in [3.8, 4) is 16.9 Å². The van der Waals surface area contributed by atoms with Gasteiger partial charge in [0.15, 0.2) is 0 Å². The molecule has 0 unspecified atom stereocenters. The van der Waals surface area contributed by atoms with Crippen molar-refractivity contribution >= 4 is 11.6 Å². The van der Waals surface area contributed by atoms with Crippen LogP contribution in [0.15, 0.2) is 61.1 Å². The Labute approximate surface area is 187 Å². The number of anilines is 1. The zero-order chi connectivity index (χ0) is 22.2. The first-order chi connectivity index (χ1) is 15.6. The lowest BCUT2D eigenvalue weighted by molar-refractivity contribution is 0.0687. The number of carbonyl (C=O) groups is 1. The highest BCUT2D eigenvalue weighted by Crippen LogP contribution is 2.49. The summed E-state index contributed by atoms with van der Waals surface area (Å²) in [6, 6.07) is 14.2. The van der Waals surface area contributed by atoms with E-state index in [0.29, 0.717) is 12.2 Å². The first-order valence-electron chi connectivity index (χ1n) is 10.8. The highest BCUT2D eigenvalue weighted by molar-refractivity contribution is 5.93. The molecule has 0 aliphatic carbocycles. The number of aliphatic hydroxyl groups is 1. The van der Waals surface area contributed by atoms with Gasteiger partial charge in [-0.05, 0) is 47.4 Å². The van der Waals surface area contributed by atoms with Crippen molar-refractivity contribution in [2.45, 2.75) is 18.5 Å². The first-order valence-corrected chi connectivity index (χ1v) is 10.8. The Morgan fingerprint density at radius 3 is 2.62 bits per heavy atom. The maximum absolute atomic E-state index is 13.3. The Kier molecular flexibility index (Phi) is 5.27. The van der Waals surface area contributed by atoms with Crippen LogP contribution in [0, 0.1) is 5.92 Å². The van der Waals surface area contributed by atoms with Crippen LogP contribution in [0.3, 0.4) is 0 Å². The van der Waals surface area contributed by atoms with Gasteiger partial charge in [-0.15, -0.1) is 0 Å². The van der Waals surface area contributed by atoms with Gasteiger partial charge in [-0.25, -0.2) is 4.98 Å². The van der Waals surface area contributed by atoms with Crippen LogP contribution in [0.25, 0.3) is 11.1 Å². The number of likely N-dealkylation sites (N-methyl/N-ethyl adjacent to an activating group) is 1. The highest BCUT2D eigenvalue weighted by Gasteiger charge is 2.48. The maximum Gasteiger partial charge on any atom is 0.274 e. The molecule has 1 fully saturated rings. The molecule has 7 heteroatoms. The Morgan fingerprint density at radius 2 is 1.94 bits per heavy atom. The predicted molar refractivity (Wildman–Crippen MR) is 122 cm³/mol. The topological polar surface area (TPSA) is 78.8 Å². The van der Waals surface area contributed by atoms with E-state index >= 15 is 0 Å². The van der Waals surface area contributed by atoms with Crippen LogP contribution in [0.1, 0.15) is 28.5 Å². The number of carbonyl (C=O) groups excluding carboxylic acids is 1. The molecule has 3 atom stereocenters. The number of aliphatic hydroxyl groups excluding tert-OH is 1. The molecule has 5 rings (SSSR count). The average Bonchev–Trinajstić information content (AvgIpc) is 3.29. The van der Waals surface area contributed by atoms with Gasteiger partial charge in [0.1, 0.15) is 11.4 Å². The maximum atomic E-state index is 13.3. The summed E-state index contributed by atoms with van der Waals surface area (Å²) in [5, 5.41) is 10.2. The quantitative estimate of drug-likeness (QED) is 0.685. The molecule has 3 aromatic rings. The van der Waals surface area contributed by atoms with Crippen molar-refractivity contribution in [1.29, 1.82) is 0 Å². The van der Waals surface area contributed by atoms with Gasteiger partial charge >= 0.3 is 0 Å². The second-order valence-electron chi connectivity index (χ2n) is 8.35. The summed E-state index contributed by atoms with van der Waals surface area (Å²) in [6.07, 6.45) is 5.46. The standard InChI is InChI=1S/C25H26N4O3/c1-28-22-8-5-17(16-3-6-18(32-2)7-4-16)13-20(22)24-19(23(28)15-30)9-12-29(24)25(31)21-14-26-10-11-27-21/h3-8,10-11,13-14,19,23-24,30H,9,12,15H2,1-2H3/t19-,23-,24-/m1/s1. The molecule has 0 radical (unpaired) electrons. The summed E-state index contributed by atoms with van der Waals surface area (Å²) in [6.45, 7) is 0.672. The number of aromatic nitrogens is 2.